The van der Waals surface area contributed by atoms with Gasteiger partial charge in [0.05, 0.1) is 16.1 Å². The van der Waals surface area contributed by atoms with Crippen LogP contribution in [-0.4, -0.2) is 28.7 Å². The zero-order valence-electron chi connectivity index (χ0n) is 16.6. The molecule has 0 fully saturated rings. The van der Waals surface area contributed by atoms with E-state index >= 15 is 0 Å². The van der Waals surface area contributed by atoms with E-state index in [0.29, 0.717) is 27.8 Å². The van der Waals surface area contributed by atoms with Crippen LogP contribution >= 0.6 is 23.2 Å². The van der Waals surface area contributed by atoms with Crippen molar-refractivity contribution in [2.24, 2.45) is 0 Å². The number of fused-ring (bicyclic) bond motifs is 2. The van der Waals surface area contributed by atoms with E-state index in [2.05, 4.69) is 15.7 Å². The normalized spacial score (nSPS) is 19.1. The zero-order valence-corrected chi connectivity index (χ0v) is 18.1. The van der Waals surface area contributed by atoms with Crippen LogP contribution in [0.1, 0.15) is 34.6 Å². The summed E-state index contributed by atoms with van der Waals surface area (Å²) in [5, 5.41) is 10.1. The average molecular weight is 499 g/mol. The van der Waals surface area contributed by atoms with Gasteiger partial charge in [-0.05, 0) is 29.8 Å². The summed E-state index contributed by atoms with van der Waals surface area (Å²) >= 11 is 12.0. The summed E-state index contributed by atoms with van der Waals surface area (Å²) in [4.78, 5) is 12.7. The second-order valence-electron chi connectivity index (χ2n) is 7.55. The molecule has 2 aliphatic heterocycles. The van der Waals surface area contributed by atoms with Crippen LogP contribution in [0.25, 0.3) is 0 Å². The molecule has 1 aromatic heterocycles. The van der Waals surface area contributed by atoms with Gasteiger partial charge in [0, 0.05) is 24.2 Å². The maximum absolute atomic E-state index is 13.9. The molecule has 1 amide bonds. The van der Waals surface area contributed by atoms with Crippen LogP contribution in [0.4, 0.5) is 24.7 Å². The van der Waals surface area contributed by atoms with E-state index in [1.807, 2.05) is 0 Å². The molecule has 0 bridgehead atoms. The number of nitrogens with one attached hydrogen (secondary N) is 2. The Hall–Kier alpha value is -3.11. The maximum atomic E-state index is 13.9. The van der Waals surface area contributed by atoms with Crippen molar-refractivity contribution in [1.29, 1.82) is 0 Å². The molecule has 2 aromatic carbocycles. The Morgan fingerprint density at radius 2 is 1.88 bits per heavy atom. The summed E-state index contributed by atoms with van der Waals surface area (Å²) in [5.41, 5.74) is 0.765. The van der Waals surface area contributed by atoms with Gasteiger partial charge in [0.2, 0.25) is 6.79 Å². The molecule has 2 atom stereocenters. The number of benzene rings is 2. The molecule has 0 spiro atoms. The molecule has 5 rings (SSSR count). The molecular formula is C21H15Cl2F3N4O3. The monoisotopic (exact) mass is 498 g/mol. The zero-order chi connectivity index (χ0) is 23.3. The number of alkyl halides is 3. The molecule has 172 valence electrons. The summed E-state index contributed by atoms with van der Waals surface area (Å²) in [5.74, 6) is 0.399. The number of anilines is 2. The first kappa shape index (κ1) is 21.7. The standard InChI is InChI=1S/C21H15Cl2F3N4O3/c22-12-3-1-10(5-13(12)23)14-7-18(21(24,25)26)30-19(28-14)8-15(29-30)20(31)27-11-2-4-16-17(6-11)33-9-32-16/h1-6,8,14,18,28H,7,9H2,(H,27,31)/t14-,18+/m1/s1. The molecule has 2 N–H and O–H groups in total. The summed E-state index contributed by atoms with van der Waals surface area (Å²) < 4.78 is 52.9. The fourth-order valence-corrected chi connectivity index (χ4v) is 4.11. The number of hydrogen-bond acceptors (Lipinski definition) is 5. The smallest absolute Gasteiger partial charge is 0.410 e. The van der Waals surface area contributed by atoms with Gasteiger partial charge in [-0.1, -0.05) is 29.3 Å². The number of carbonyl (C=O) groups excluding carboxylic acids is 1. The first-order valence-electron chi connectivity index (χ1n) is 9.78. The third-order valence-corrected chi connectivity index (χ3v) is 6.14. The lowest BCUT2D eigenvalue weighted by Crippen LogP contribution is -2.35. The van der Waals surface area contributed by atoms with E-state index in [9.17, 15) is 18.0 Å². The quantitative estimate of drug-likeness (QED) is 0.474. The second kappa shape index (κ2) is 8.03. The fourth-order valence-electron chi connectivity index (χ4n) is 3.80. The summed E-state index contributed by atoms with van der Waals surface area (Å²) in [6.45, 7) is 0.0744. The van der Waals surface area contributed by atoms with Crippen molar-refractivity contribution < 1.29 is 27.4 Å². The minimum atomic E-state index is -4.58. The molecule has 7 nitrogen and oxygen atoms in total. The Kier molecular flexibility index (Phi) is 5.29. The number of carbonyl (C=O) groups is 1. The average Bonchev–Trinajstić information content (AvgIpc) is 3.40. The minimum absolute atomic E-state index is 0.0653. The van der Waals surface area contributed by atoms with Gasteiger partial charge in [-0.25, -0.2) is 4.68 Å². The summed E-state index contributed by atoms with van der Waals surface area (Å²) in [6, 6.07) is 8.09. The molecule has 3 aromatic rings. The molecule has 0 saturated heterocycles. The number of nitrogens with zero attached hydrogens (tertiary/aromatic N) is 2. The van der Waals surface area contributed by atoms with E-state index in [1.165, 1.54) is 18.2 Å². The largest absolute Gasteiger partial charge is 0.454 e. The number of hydrogen-bond donors (Lipinski definition) is 2. The van der Waals surface area contributed by atoms with Crippen molar-refractivity contribution in [3.63, 3.8) is 0 Å². The van der Waals surface area contributed by atoms with Crippen LogP contribution in [0.2, 0.25) is 10.0 Å². The van der Waals surface area contributed by atoms with Crippen molar-refractivity contribution in [3.05, 3.63) is 63.8 Å². The van der Waals surface area contributed by atoms with Crippen LogP contribution in [-0.2, 0) is 0 Å². The number of halogens is 5. The number of rotatable bonds is 3. The predicted molar refractivity (Wildman–Crippen MR) is 115 cm³/mol. The van der Waals surface area contributed by atoms with Gasteiger partial charge in [-0.15, -0.1) is 0 Å². The highest BCUT2D eigenvalue weighted by molar-refractivity contribution is 6.42. The van der Waals surface area contributed by atoms with E-state index in [4.69, 9.17) is 32.7 Å². The fraction of sp³-hybridized carbons (Fsp3) is 0.238. The van der Waals surface area contributed by atoms with E-state index in [-0.39, 0.29) is 29.7 Å². The van der Waals surface area contributed by atoms with Crippen molar-refractivity contribution in [3.8, 4) is 11.5 Å². The van der Waals surface area contributed by atoms with Crippen LogP contribution in [0.15, 0.2) is 42.5 Å². The van der Waals surface area contributed by atoms with Gasteiger partial charge in [0.15, 0.2) is 23.2 Å². The van der Waals surface area contributed by atoms with Crippen molar-refractivity contribution in [2.45, 2.75) is 24.7 Å². The van der Waals surface area contributed by atoms with Crippen molar-refractivity contribution in [2.75, 3.05) is 17.4 Å². The van der Waals surface area contributed by atoms with E-state index < -0.39 is 24.2 Å². The van der Waals surface area contributed by atoms with Gasteiger partial charge >= 0.3 is 6.18 Å². The third kappa shape index (κ3) is 4.16. The molecule has 2 aliphatic rings. The highest BCUT2D eigenvalue weighted by Gasteiger charge is 2.46. The molecule has 0 saturated carbocycles. The summed E-state index contributed by atoms with van der Waals surface area (Å²) in [6.07, 6.45) is -4.91. The molecule has 12 heteroatoms. The minimum Gasteiger partial charge on any atom is -0.454 e. The molecular weight excluding hydrogens is 484 g/mol. The highest BCUT2D eigenvalue weighted by Crippen LogP contribution is 2.44. The Labute approximate surface area is 195 Å². The van der Waals surface area contributed by atoms with Gasteiger partial charge in [0.1, 0.15) is 5.82 Å². The Balaban J connectivity index is 1.43. The van der Waals surface area contributed by atoms with Crippen LogP contribution in [0, 0.1) is 0 Å². The number of ether oxygens (including phenoxy) is 2. The SMILES string of the molecule is O=C(Nc1ccc2c(c1)OCO2)c1cc2n(n1)[C@H](C(F)(F)F)C[C@H](c1ccc(Cl)c(Cl)c1)N2. The van der Waals surface area contributed by atoms with E-state index in [1.54, 1.807) is 24.3 Å². The van der Waals surface area contributed by atoms with E-state index in [0.717, 1.165) is 4.68 Å². The van der Waals surface area contributed by atoms with Crippen LogP contribution < -0.4 is 20.1 Å². The third-order valence-electron chi connectivity index (χ3n) is 5.40. The Bertz CT molecular complexity index is 1250. The Morgan fingerprint density at radius 3 is 2.64 bits per heavy atom. The first-order chi connectivity index (χ1) is 15.7. The lowest BCUT2D eigenvalue weighted by atomic mass is 9.97. The topological polar surface area (TPSA) is 77.4 Å². The summed E-state index contributed by atoms with van der Waals surface area (Å²) in [7, 11) is 0. The molecule has 0 unspecified atom stereocenters. The molecule has 0 aliphatic carbocycles. The van der Waals surface area contributed by atoms with Gasteiger partial charge in [-0.3, -0.25) is 4.79 Å². The van der Waals surface area contributed by atoms with Crippen LogP contribution in [0.5, 0.6) is 11.5 Å². The number of amides is 1. The highest BCUT2D eigenvalue weighted by atomic mass is 35.5. The van der Waals surface area contributed by atoms with Crippen LogP contribution in [0.3, 0.4) is 0 Å². The predicted octanol–water partition coefficient (Wildman–Crippen LogP) is 5.83. The number of aromatic nitrogens is 2. The van der Waals surface area contributed by atoms with Gasteiger partial charge < -0.3 is 20.1 Å². The molecule has 3 heterocycles. The lowest BCUT2D eigenvalue weighted by molar-refractivity contribution is -0.173. The van der Waals surface area contributed by atoms with Crippen molar-refractivity contribution in [1.82, 2.24) is 9.78 Å². The Morgan fingerprint density at radius 1 is 1.09 bits per heavy atom. The van der Waals surface area contributed by atoms with Crippen molar-refractivity contribution >= 4 is 40.6 Å². The molecule has 0 radical (unpaired) electrons. The maximum Gasteiger partial charge on any atom is 0.410 e. The lowest BCUT2D eigenvalue weighted by Gasteiger charge is -2.33. The second-order valence-corrected chi connectivity index (χ2v) is 8.36. The van der Waals surface area contributed by atoms with Gasteiger partial charge in [0.25, 0.3) is 5.91 Å². The molecule has 33 heavy (non-hydrogen) atoms. The van der Waals surface area contributed by atoms with Gasteiger partial charge in [-0.2, -0.15) is 18.3 Å². The first-order valence-corrected chi connectivity index (χ1v) is 10.5.